The number of nitrogens with one attached hydrogen (secondary N) is 1. The van der Waals surface area contributed by atoms with Gasteiger partial charge in [-0.25, -0.2) is 28.3 Å². The van der Waals surface area contributed by atoms with Gasteiger partial charge in [0.15, 0.2) is 10.9 Å². The van der Waals surface area contributed by atoms with Crippen LogP contribution < -0.4 is 10.2 Å². The zero-order valence-electron chi connectivity index (χ0n) is 26.5. The first kappa shape index (κ1) is 33.1. The predicted molar refractivity (Wildman–Crippen MR) is 175 cm³/mol. The van der Waals surface area contributed by atoms with Crippen molar-refractivity contribution >= 4 is 67.1 Å². The number of rotatable bonds is 3. The number of halogens is 3. The Morgan fingerprint density at radius 1 is 1.02 bits per heavy atom. The zero-order valence-corrected chi connectivity index (χ0v) is 28.0. The summed E-state index contributed by atoms with van der Waals surface area (Å²) in [6.45, 7) is 13.5. The van der Waals surface area contributed by atoms with Crippen molar-refractivity contribution in [2.45, 2.75) is 59.7 Å². The van der Waals surface area contributed by atoms with Crippen LogP contribution in [0.15, 0.2) is 18.2 Å². The number of carbonyl (C=O) groups is 2. The molecule has 0 atom stereocenters. The molecule has 5 rings (SSSR count). The molecule has 0 saturated carbocycles. The molecule has 1 saturated heterocycles. The molecule has 1 fully saturated rings. The maximum absolute atomic E-state index is 16.6. The molecule has 10 nitrogen and oxygen atoms in total. The van der Waals surface area contributed by atoms with Gasteiger partial charge in [0.25, 0.3) is 0 Å². The minimum atomic E-state index is -0.772. The van der Waals surface area contributed by atoms with Crippen LogP contribution in [0.3, 0.4) is 0 Å². The first-order chi connectivity index (χ1) is 21.5. The molecule has 2 aromatic carbocycles. The lowest BCUT2D eigenvalue weighted by atomic mass is 9.98. The first-order valence-electron chi connectivity index (χ1n) is 14.5. The average molecular weight is 671 g/mol. The molecule has 2 amide bonds. The Morgan fingerprint density at radius 3 is 2.28 bits per heavy atom. The van der Waals surface area contributed by atoms with Crippen LogP contribution in [0.25, 0.3) is 32.2 Å². The maximum Gasteiger partial charge on any atom is 0.413 e. The summed E-state index contributed by atoms with van der Waals surface area (Å²) in [7, 11) is 0. The van der Waals surface area contributed by atoms with Crippen LogP contribution in [-0.4, -0.2) is 64.4 Å². The number of fused-ring (bicyclic) bond motifs is 2. The molecular weight excluding hydrogens is 638 g/mol. The number of thiazole rings is 1. The summed E-state index contributed by atoms with van der Waals surface area (Å²) in [6, 6.07) is 6.29. The molecule has 14 heteroatoms. The number of aromatic nitrogens is 2. The van der Waals surface area contributed by atoms with Crippen molar-refractivity contribution in [2.24, 2.45) is 0 Å². The van der Waals surface area contributed by atoms with Crippen LogP contribution in [0.5, 0.6) is 0 Å². The van der Waals surface area contributed by atoms with E-state index in [9.17, 15) is 19.2 Å². The SMILES string of the molecule is Cc1nc2c(F)c(-c3ccc(F)c4sc(NC(=O)OC(C)(C)C)nc34)c(Cl)cc2c(N2CCN(C(=O)OC(C)(C)C)CC2)c1C#N. The number of pyridine rings is 1. The maximum atomic E-state index is 16.6. The van der Waals surface area contributed by atoms with Gasteiger partial charge < -0.3 is 19.3 Å². The normalized spacial score (nSPS) is 14.0. The van der Waals surface area contributed by atoms with E-state index in [-0.39, 0.29) is 42.6 Å². The number of anilines is 2. The fraction of sp³-hybridized carbons (Fsp3) is 0.406. The highest BCUT2D eigenvalue weighted by Gasteiger charge is 2.30. The molecular formula is C32H33ClF2N6O4S. The summed E-state index contributed by atoms with van der Waals surface area (Å²) in [5, 5.41) is 13.0. The fourth-order valence-electron chi connectivity index (χ4n) is 5.20. The van der Waals surface area contributed by atoms with Gasteiger partial charge in [-0.1, -0.05) is 22.9 Å². The molecule has 1 aliphatic rings. The van der Waals surface area contributed by atoms with Crippen molar-refractivity contribution in [1.82, 2.24) is 14.9 Å². The standard InChI is InChI=1S/C32H33ClF2N6O4S/c1-16-19(15-36)26(40-10-12-41(13-11-40)30(43)45-32(5,6)7)18-14-20(33)22(23(35)24(18)37-16)17-8-9-21(34)27-25(17)38-28(46-27)39-29(42)44-31(2,3)4/h8-9,14H,10-13H2,1-7H3,(H,38,39,42). The second-order valence-electron chi connectivity index (χ2n) is 12.8. The van der Waals surface area contributed by atoms with Crippen LogP contribution in [0.1, 0.15) is 52.8 Å². The van der Waals surface area contributed by atoms with Gasteiger partial charge in [0.05, 0.1) is 32.2 Å². The Labute approximate surface area is 273 Å². The summed E-state index contributed by atoms with van der Waals surface area (Å²) in [4.78, 5) is 37.3. The highest BCUT2D eigenvalue weighted by Crippen LogP contribution is 2.44. The van der Waals surface area contributed by atoms with E-state index < -0.39 is 35.0 Å². The van der Waals surface area contributed by atoms with Gasteiger partial charge in [0, 0.05) is 42.7 Å². The third-order valence-corrected chi connectivity index (χ3v) is 8.34. The lowest BCUT2D eigenvalue weighted by Crippen LogP contribution is -2.50. The van der Waals surface area contributed by atoms with Gasteiger partial charge in [-0.2, -0.15) is 5.26 Å². The Bertz CT molecular complexity index is 1920. The van der Waals surface area contributed by atoms with Crippen LogP contribution in [-0.2, 0) is 9.47 Å². The number of amides is 2. The minimum Gasteiger partial charge on any atom is -0.444 e. The quantitative estimate of drug-likeness (QED) is 0.233. The first-order valence-corrected chi connectivity index (χ1v) is 15.7. The highest BCUT2D eigenvalue weighted by atomic mass is 35.5. The second-order valence-corrected chi connectivity index (χ2v) is 14.3. The second kappa shape index (κ2) is 12.1. The number of aryl methyl sites for hydroxylation is 1. The van der Waals surface area contributed by atoms with Crippen LogP contribution in [0, 0.1) is 29.9 Å². The van der Waals surface area contributed by atoms with E-state index in [1.807, 2.05) is 4.90 Å². The third kappa shape index (κ3) is 6.64. The molecule has 3 heterocycles. The smallest absolute Gasteiger partial charge is 0.413 e. The summed E-state index contributed by atoms with van der Waals surface area (Å²) in [6.07, 6.45) is -1.20. The minimum absolute atomic E-state index is 0.00394. The van der Waals surface area contributed by atoms with Gasteiger partial charge in [0.1, 0.15) is 28.6 Å². The van der Waals surface area contributed by atoms with Gasteiger partial charge in [-0.3, -0.25) is 5.32 Å². The molecule has 0 spiro atoms. The van der Waals surface area contributed by atoms with Crippen molar-refractivity contribution in [3.8, 4) is 17.2 Å². The van der Waals surface area contributed by atoms with Crippen molar-refractivity contribution in [3.63, 3.8) is 0 Å². The molecule has 0 bridgehead atoms. The van der Waals surface area contributed by atoms with E-state index in [1.165, 1.54) is 12.1 Å². The number of piperazine rings is 1. The molecule has 4 aromatic rings. The van der Waals surface area contributed by atoms with Gasteiger partial charge in [-0.15, -0.1) is 0 Å². The summed E-state index contributed by atoms with van der Waals surface area (Å²) in [5.41, 5.74) is -0.145. The Morgan fingerprint density at radius 2 is 1.67 bits per heavy atom. The molecule has 2 aromatic heterocycles. The largest absolute Gasteiger partial charge is 0.444 e. The highest BCUT2D eigenvalue weighted by molar-refractivity contribution is 7.22. The molecule has 0 radical (unpaired) electrons. The number of nitriles is 1. The molecule has 242 valence electrons. The summed E-state index contributed by atoms with van der Waals surface area (Å²) < 4.78 is 42.4. The topological polar surface area (TPSA) is 121 Å². The van der Waals surface area contributed by atoms with E-state index in [0.29, 0.717) is 42.9 Å². The lowest BCUT2D eigenvalue weighted by molar-refractivity contribution is 0.0240. The Kier molecular flexibility index (Phi) is 8.74. The van der Waals surface area contributed by atoms with E-state index in [1.54, 1.807) is 59.4 Å². The predicted octanol–water partition coefficient (Wildman–Crippen LogP) is 8.03. The van der Waals surface area contributed by atoms with Crippen LogP contribution in [0.2, 0.25) is 5.02 Å². The third-order valence-electron chi connectivity index (χ3n) is 7.06. The van der Waals surface area contributed by atoms with Crippen molar-refractivity contribution in [1.29, 1.82) is 5.26 Å². The molecule has 0 unspecified atom stereocenters. The summed E-state index contributed by atoms with van der Waals surface area (Å²) in [5.74, 6) is -1.38. The Balaban J connectivity index is 1.57. The Hall–Kier alpha value is -4.28. The number of ether oxygens (including phenoxy) is 2. The van der Waals surface area contributed by atoms with E-state index in [4.69, 9.17) is 21.1 Å². The fourth-order valence-corrected chi connectivity index (χ4v) is 6.37. The molecule has 1 aliphatic heterocycles. The molecule has 46 heavy (non-hydrogen) atoms. The van der Waals surface area contributed by atoms with Crippen molar-refractivity contribution < 1.29 is 27.8 Å². The van der Waals surface area contributed by atoms with Crippen molar-refractivity contribution in [3.05, 3.63) is 46.1 Å². The molecule has 1 N–H and O–H groups in total. The number of carbonyl (C=O) groups excluding carboxylic acids is 2. The zero-order chi connectivity index (χ0) is 33.7. The van der Waals surface area contributed by atoms with E-state index in [0.717, 1.165) is 11.3 Å². The van der Waals surface area contributed by atoms with Crippen molar-refractivity contribution in [2.75, 3.05) is 36.4 Å². The number of nitrogens with zero attached hydrogens (tertiary/aromatic N) is 5. The van der Waals surface area contributed by atoms with Crippen LogP contribution in [0.4, 0.5) is 29.2 Å². The van der Waals surface area contributed by atoms with Gasteiger partial charge >= 0.3 is 12.2 Å². The van der Waals surface area contributed by atoms with Crippen LogP contribution >= 0.6 is 22.9 Å². The monoisotopic (exact) mass is 670 g/mol. The number of benzene rings is 2. The van der Waals surface area contributed by atoms with Gasteiger partial charge in [-0.05, 0) is 66.7 Å². The van der Waals surface area contributed by atoms with Gasteiger partial charge in [0.2, 0.25) is 0 Å². The van der Waals surface area contributed by atoms with E-state index >= 15 is 4.39 Å². The van der Waals surface area contributed by atoms with E-state index in [2.05, 4.69) is 21.4 Å². The average Bonchev–Trinajstić information content (AvgIpc) is 3.36. The molecule has 0 aliphatic carbocycles. The number of hydrogen-bond acceptors (Lipinski definition) is 9. The summed E-state index contributed by atoms with van der Waals surface area (Å²) >= 11 is 7.65. The lowest BCUT2D eigenvalue weighted by Gasteiger charge is -2.37. The number of hydrogen-bond donors (Lipinski definition) is 1.